The van der Waals surface area contributed by atoms with E-state index in [2.05, 4.69) is 15.2 Å². The molecule has 1 saturated carbocycles. The van der Waals surface area contributed by atoms with Gasteiger partial charge in [-0.05, 0) is 12.8 Å². The Hall–Kier alpha value is -1.47. The van der Waals surface area contributed by atoms with Crippen molar-refractivity contribution in [3.8, 4) is 0 Å². The fourth-order valence-electron chi connectivity index (χ4n) is 3.65. The van der Waals surface area contributed by atoms with Crippen molar-refractivity contribution in [2.75, 3.05) is 31.5 Å². The molecule has 2 fully saturated rings. The summed E-state index contributed by atoms with van der Waals surface area (Å²) in [5, 5.41) is 5.07. The number of hydrogen-bond acceptors (Lipinski definition) is 5. The third-order valence-electron chi connectivity index (χ3n) is 4.93. The number of nitrogens with one attached hydrogen (secondary N) is 1. The monoisotopic (exact) mass is 350 g/mol. The average Bonchev–Trinajstić information content (AvgIpc) is 3.02. The van der Waals surface area contributed by atoms with Crippen LogP contribution in [-0.2, 0) is 16.0 Å². The van der Waals surface area contributed by atoms with E-state index in [0.717, 1.165) is 37.9 Å². The average molecular weight is 350 g/mol. The molecule has 3 rings (SSSR count). The maximum atomic E-state index is 12.5. The van der Waals surface area contributed by atoms with Crippen LogP contribution in [-0.4, -0.2) is 58.8 Å². The predicted octanol–water partition coefficient (Wildman–Crippen LogP) is 2.12. The highest BCUT2D eigenvalue weighted by Crippen LogP contribution is 2.23. The molecule has 1 N–H and O–H groups in total. The number of carbonyl (C=O) groups is 2. The summed E-state index contributed by atoms with van der Waals surface area (Å²) in [6.45, 7) is 5.07. The zero-order valence-electron chi connectivity index (χ0n) is 14.3. The van der Waals surface area contributed by atoms with E-state index < -0.39 is 0 Å². The number of rotatable bonds is 4. The molecular weight excluding hydrogens is 324 g/mol. The Kier molecular flexibility index (Phi) is 5.84. The number of aromatic nitrogens is 1. The maximum absolute atomic E-state index is 12.5. The Bertz CT molecular complexity index is 575. The number of hydrogen-bond donors (Lipinski definition) is 1. The quantitative estimate of drug-likeness (QED) is 0.903. The summed E-state index contributed by atoms with van der Waals surface area (Å²) in [5.41, 5.74) is 0.739. The summed E-state index contributed by atoms with van der Waals surface area (Å²) in [6, 6.07) is 0.731. The minimum Gasteiger partial charge on any atom is -0.340 e. The molecule has 2 amide bonds. The molecule has 2 aliphatic rings. The largest absolute Gasteiger partial charge is 0.340 e. The van der Waals surface area contributed by atoms with Crippen LogP contribution in [0.3, 0.4) is 0 Å². The van der Waals surface area contributed by atoms with Gasteiger partial charge in [-0.15, -0.1) is 11.3 Å². The van der Waals surface area contributed by atoms with Gasteiger partial charge in [0.15, 0.2) is 5.13 Å². The van der Waals surface area contributed by atoms with Crippen molar-refractivity contribution in [3.63, 3.8) is 0 Å². The van der Waals surface area contributed by atoms with Gasteiger partial charge in [-0.2, -0.15) is 0 Å². The zero-order valence-corrected chi connectivity index (χ0v) is 15.1. The van der Waals surface area contributed by atoms with Gasteiger partial charge in [0.25, 0.3) is 0 Å². The molecule has 6 nitrogen and oxygen atoms in total. The number of piperazine rings is 1. The highest BCUT2D eigenvalue weighted by Gasteiger charge is 2.27. The lowest BCUT2D eigenvalue weighted by Gasteiger charge is -2.40. The molecule has 0 unspecified atom stereocenters. The van der Waals surface area contributed by atoms with Crippen molar-refractivity contribution < 1.29 is 9.59 Å². The first-order valence-electron chi connectivity index (χ1n) is 8.85. The van der Waals surface area contributed by atoms with Gasteiger partial charge in [0.2, 0.25) is 11.8 Å². The summed E-state index contributed by atoms with van der Waals surface area (Å²) < 4.78 is 0. The molecule has 2 heterocycles. The first kappa shape index (κ1) is 17.4. The Morgan fingerprint density at radius 1 is 1.21 bits per heavy atom. The van der Waals surface area contributed by atoms with Gasteiger partial charge in [0.1, 0.15) is 0 Å². The summed E-state index contributed by atoms with van der Waals surface area (Å²) in [6.07, 6.45) is 7.04. The van der Waals surface area contributed by atoms with Crippen LogP contribution in [0.2, 0.25) is 0 Å². The molecule has 7 heteroatoms. The van der Waals surface area contributed by atoms with Crippen molar-refractivity contribution in [1.82, 2.24) is 14.8 Å². The SMILES string of the molecule is CC(=O)Nc1nc(CC(=O)N2CCN(C3CCCCC3)CC2)cs1. The number of nitrogens with zero attached hydrogens (tertiary/aromatic N) is 3. The van der Waals surface area contributed by atoms with Crippen molar-refractivity contribution >= 4 is 28.3 Å². The van der Waals surface area contributed by atoms with Crippen molar-refractivity contribution in [2.45, 2.75) is 51.5 Å². The van der Waals surface area contributed by atoms with E-state index in [1.165, 1.54) is 50.4 Å². The number of anilines is 1. The van der Waals surface area contributed by atoms with Crippen LogP contribution in [0.5, 0.6) is 0 Å². The summed E-state index contributed by atoms with van der Waals surface area (Å²) in [5.74, 6) is -0.000898. The summed E-state index contributed by atoms with van der Waals surface area (Å²) in [4.78, 5) is 32.3. The second kappa shape index (κ2) is 8.07. The van der Waals surface area contributed by atoms with Crippen LogP contribution in [0.1, 0.15) is 44.7 Å². The Balaban J connectivity index is 1.46. The first-order chi connectivity index (χ1) is 11.6. The van der Waals surface area contributed by atoms with E-state index in [4.69, 9.17) is 0 Å². The van der Waals surface area contributed by atoms with Crippen molar-refractivity contribution in [1.29, 1.82) is 0 Å². The predicted molar refractivity (Wildman–Crippen MR) is 95.1 cm³/mol. The highest BCUT2D eigenvalue weighted by atomic mass is 32.1. The lowest BCUT2D eigenvalue weighted by molar-refractivity contribution is -0.132. The van der Waals surface area contributed by atoms with Crippen molar-refractivity contribution in [2.24, 2.45) is 0 Å². The van der Waals surface area contributed by atoms with Crippen LogP contribution in [0.25, 0.3) is 0 Å². The van der Waals surface area contributed by atoms with Gasteiger partial charge in [0, 0.05) is 44.5 Å². The molecule has 0 atom stereocenters. The van der Waals surface area contributed by atoms with Gasteiger partial charge < -0.3 is 10.2 Å². The second-order valence-electron chi connectivity index (χ2n) is 6.71. The fraction of sp³-hybridized carbons (Fsp3) is 0.706. The van der Waals surface area contributed by atoms with Gasteiger partial charge in [0.05, 0.1) is 12.1 Å². The second-order valence-corrected chi connectivity index (χ2v) is 7.57. The molecule has 0 radical (unpaired) electrons. The van der Waals surface area contributed by atoms with Gasteiger partial charge in [-0.1, -0.05) is 19.3 Å². The molecular formula is C17H26N4O2S. The van der Waals surface area contributed by atoms with Gasteiger partial charge in [-0.25, -0.2) is 4.98 Å². The van der Waals surface area contributed by atoms with Crippen LogP contribution in [0.4, 0.5) is 5.13 Å². The van der Waals surface area contributed by atoms with Crippen molar-refractivity contribution in [3.05, 3.63) is 11.1 Å². The normalized spacial score (nSPS) is 20.1. The minimum absolute atomic E-state index is 0.137. The van der Waals surface area contributed by atoms with E-state index in [1.54, 1.807) is 0 Å². The number of amides is 2. The van der Waals surface area contributed by atoms with E-state index in [0.29, 0.717) is 11.6 Å². The number of thiazole rings is 1. The van der Waals surface area contributed by atoms with E-state index in [1.807, 2.05) is 10.3 Å². The highest BCUT2D eigenvalue weighted by molar-refractivity contribution is 7.13. The Morgan fingerprint density at radius 2 is 1.92 bits per heavy atom. The van der Waals surface area contributed by atoms with Crippen LogP contribution in [0.15, 0.2) is 5.38 Å². The van der Waals surface area contributed by atoms with E-state index >= 15 is 0 Å². The van der Waals surface area contributed by atoms with Gasteiger partial charge >= 0.3 is 0 Å². The third-order valence-corrected chi connectivity index (χ3v) is 5.73. The fourth-order valence-corrected chi connectivity index (χ4v) is 4.40. The molecule has 24 heavy (non-hydrogen) atoms. The maximum Gasteiger partial charge on any atom is 0.228 e. The minimum atomic E-state index is -0.138. The van der Waals surface area contributed by atoms with E-state index in [9.17, 15) is 9.59 Å². The van der Waals surface area contributed by atoms with Crippen LogP contribution >= 0.6 is 11.3 Å². The molecule has 0 aromatic carbocycles. The zero-order chi connectivity index (χ0) is 16.9. The molecule has 0 spiro atoms. The molecule has 1 aliphatic heterocycles. The third kappa shape index (κ3) is 4.54. The lowest BCUT2D eigenvalue weighted by atomic mass is 9.94. The van der Waals surface area contributed by atoms with Crippen LogP contribution < -0.4 is 5.32 Å². The molecule has 0 bridgehead atoms. The Morgan fingerprint density at radius 3 is 2.58 bits per heavy atom. The Labute approximate surface area is 147 Å². The standard InChI is InChI=1S/C17H26N4O2S/c1-13(22)18-17-19-14(12-24-17)11-16(23)21-9-7-20(8-10-21)15-5-3-2-4-6-15/h12,15H,2-11H2,1H3,(H,18,19,22). The van der Waals surface area contributed by atoms with Crippen LogP contribution in [0, 0.1) is 0 Å². The topological polar surface area (TPSA) is 65.5 Å². The smallest absolute Gasteiger partial charge is 0.228 e. The van der Waals surface area contributed by atoms with E-state index in [-0.39, 0.29) is 11.8 Å². The molecule has 1 saturated heterocycles. The molecule has 132 valence electrons. The molecule has 1 aromatic heterocycles. The molecule has 1 aliphatic carbocycles. The lowest BCUT2D eigenvalue weighted by Crippen LogP contribution is -2.52. The summed E-state index contributed by atoms with van der Waals surface area (Å²) in [7, 11) is 0. The first-order valence-corrected chi connectivity index (χ1v) is 9.73. The van der Waals surface area contributed by atoms with Gasteiger partial charge in [-0.3, -0.25) is 14.5 Å². The number of carbonyl (C=O) groups excluding carboxylic acids is 2. The molecule has 1 aromatic rings. The summed E-state index contributed by atoms with van der Waals surface area (Å²) >= 11 is 1.36.